The highest BCUT2D eigenvalue weighted by Gasteiger charge is 2.40. The molecule has 2 atom stereocenters. The van der Waals surface area contributed by atoms with E-state index in [0.29, 0.717) is 6.61 Å². The van der Waals surface area contributed by atoms with E-state index in [-0.39, 0.29) is 48.4 Å². The summed E-state index contributed by atoms with van der Waals surface area (Å²) in [6, 6.07) is -0.234. The maximum Gasteiger partial charge on any atom is 0.239 e. The first-order valence-electron chi connectivity index (χ1n) is 9.17. The van der Waals surface area contributed by atoms with Crippen molar-refractivity contribution in [2.75, 3.05) is 46.0 Å². The van der Waals surface area contributed by atoms with Crippen LogP contribution in [-0.2, 0) is 14.3 Å². The Balaban J connectivity index is 0.00000156. The van der Waals surface area contributed by atoms with Gasteiger partial charge in [-0.3, -0.25) is 9.69 Å². The van der Waals surface area contributed by atoms with E-state index in [1.54, 1.807) is 0 Å². The molecule has 3 saturated heterocycles. The topological polar surface area (TPSA) is 62.8 Å². The van der Waals surface area contributed by atoms with E-state index >= 15 is 0 Å². The Bertz CT molecular complexity index is 403. The normalized spacial score (nSPS) is 29.8. The molecule has 8 heteroatoms. The van der Waals surface area contributed by atoms with E-state index in [9.17, 15) is 4.79 Å². The van der Waals surface area contributed by atoms with E-state index < -0.39 is 0 Å². The molecule has 3 rings (SSSR count). The lowest BCUT2D eigenvalue weighted by Gasteiger charge is -2.48. The second-order valence-electron chi connectivity index (χ2n) is 7.11. The van der Waals surface area contributed by atoms with E-state index in [4.69, 9.17) is 9.47 Å². The largest absolute Gasteiger partial charge is 0.381 e. The number of morpholine rings is 1. The molecule has 3 heterocycles. The molecule has 0 aromatic rings. The van der Waals surface area contributed by atoms with Crippen LogP contribution < -0.4 is 10.6 Å². The van der Waals surface area contributed by atoms with E-state index in [1.165, 1.54) is 19.3 Å². The van der Waals surface area contributed by atoms with Gasteiger partial charge >= 0.3 is 0 Å². The summed E-state index contributed by atoms with van der Waals surface area (Å²) in [4.78, 5) is 15.2. The number of piperidine rings is 1. The zero-order chi connectivity index (χ0) is 16.1. The van der Waals surface area contributed by atoms with Crippen LogP contribution in [0.2, 0.25) is 0 Å². The van der Waals surface area contributed by atoms with Gasteiger partial charge in [0, 0.05) is 31.8 Å². The number of nitrogens with one attached hydrogen (secondary N) is 2. The molecule has 0 aromatic heterocycles. The molecule has 1 amide bonds. The van der Waals surface area contributed by atoms with Crippen LogP contribution in [0.5, 0.6) is 0 Å². The number of halogens is 2. The lowest BCUT2D eigenvalue weighted by molar-refractivity contribution is -0.130. The van der Waals surface area contributed by atoms with Crippen LogP contribution in [0.25, 0.3) is 0 Å². The molecule has 0 spiro atoms. The van der Waals surface area contributed by atoms with Crippen molar-refractivity contribution >= 4 is 30.7 Å². The van der Waals surface area contributed by atoms with Crippen molar-refractivity contribution in [2.45, 2.75) is 56.7 Å². The Morgan fingerprint density at radius 3 is 2.48 bits per heavy atom. The minimum Gasteiger partial charge on any atom is -0.381 e. The van der Waals surface area contributed by atoms with Gasteiger partial charge in [0.2, 0.25) is 5.91 Å². The lowest BCUT2D eigenvalue weighted by Crippen LogP contribution is -2.62. The molecular formula is C17H33Cl2N3O3. The molecule has 0 saturated carbocycles. The number of carbonyl (C=O) groups excluding carboxylic acids is 1. The molecule has 25 heavy (non-hydrogen) atoms. The third kappa shape index (κ3) is 5.68. The van der Waals surface area contributed by atoms with Gasteiger partial charge in [0.05, 0.1) is 12.7 Å². The maximum absolute atomic E-state index is 12.6. The summed E-state index contributed by atoms with van der Waals surface area (Å²) in [5, 5.41) is 6.49. The van der Waals surface area contributed by atoms with E-state index in [1.807, 2.05) is 6.92 Å². The van der Waals surface area contributed by atoms with Crippen molar-refractivity contribution in [1.82, 2.24) is 15.5 Å². The Labute approximate surface area is 163 Å². The Morgan fingerprint density at radius 1 is 1.16 bits per heavy atom. The highest BCUT2D eigenvalue weighted by atomic mass is 35.5. The number of carbonyl (C=O) groups is 1. The summed E-state index contributed by atoms with van der Waals surface area (Å²) in [7, 11) is 0. The maximum atomic E-state index is 12.6. The molecule has 6 nitrogen and oxygen atoms in total. The summed E-state index contributed by atoms with van der Waals surface area (Å²) in [5.74, 6) is 0.0695. The summed E-state index contributed by atoms with van der Waals surface area (Å²) in [6.45, 7) is 8.01. The molecule has 0 aliphatic carbocycles. The number of nitrogens with zero attached hydrogens (tertiary/aromatic N) is 1. The Kier molecular flexibility index (Phi) is 10.00. The smallest absolute Gasteiger partial charge is 0.239 e. The fourth-order valence-electron chi connectivity index (χ4n) is 4.11. The number of amides is 1. The number of rotatable bonds is 4. The molecule has 3 aliphatic heterocycles. The first kappa shape index (κ1) is 22.9. The lowest BCUT2D eigenvalue weighted by atomic mass is 9.86. The van der Waals surface area contributed by atoms with Crippen molar-refractivity contribution in [1.29, 1.82) is 0 Å². The first-order chi connectivity index (χ1) is 11.2. The van der Waals surface area contributed by atoms with Crippen LogP contribution in [0.1, 0.15) is 39.0 Å². The molecule has 0 aromatic carbocycles. The van der Waals surface area contributed by atoms with Crippen LogP contribution >= 0.6 is 24.8 Å². The molecule has 0 radical (unpaired) electrons. The van der Waals surface area contributed by atoms with E-state index in [2.05, 4.69) is 15.5 Å². The van der Waals surface area contributed by atoms with Crippen LogP contribution in [-0.4, -0.2) is 74.5 Å². The Morgan fingerprint density at radius 2 is 1.84 bits per heavy atom. The van der Waals surface area contributed by atoms with Gasteiger partial charge in [-0.25, -0.2) is 0 Å². The second kappa shape index (κ2) is 10.9. The summed E-state index contributed by atoms with van der Waals surface area (Å²) in [5.41, 5.74) is 0.0765. The van der Waals surface area contributed by atoms with Crippen molar-refractivity contribution in [3.05, 3.63) is 0 Å². The molecule has 3 fully saturated rings. The monoisotopic (exact) mass is 397 g/mol. The first-order valence-corrected chi connectivity index (χ1v) is 9.17. The standard InChI is InChI=1S/C17H31N3O3.2ClH/c1-14-15(18-7-12-23-14)16(21)19-13-17(5-10-22-11-6-17)20-8-3-2-4-9-20;;/h14-15,18H,2-13H2,1H3,(H,19,21);2*1H/t14-,15+;;/m1../s1. The van der Waals surface area contributed by atoms with Crippen molar-refractivity contribution in [3.63, 3.8) is 0 Å². The fourth-order valence-corrected chi connectivity index (χ4v) is 4.11. The summed E-state index contributed by atoms with van der Waals surface area (Å²) < 4.78 is 11.2. The fraction of sp³-hybridized carbons (Fsp3) is 0.941. The highest BCUT2D eigenvalue weighted by molar-refractivity contribution is 5.85. The van der Waals surface area contributed by atoms with E-state index in [0.717, 1.165) is 52.2 Å². The third-order valence-corrected chi connectivity index (χ3v) is 5.64. The number of hydrogen-bond donors (Lipinski definition) is 2. The van der Waals surface area contributed by atoms with Gasteiger partial charge in [-0.05, 0) is 45.7 Å². The Hall–Kier alpha value is -0.110. The molecular weight excluding hydrogens is 365 g/mol. The molecule has 0 unspecified atom stereocenters. The van der Waals surface area contributed by atoms with Crippen molar-refractivity contribution in [2.24, 2.45) is 0 Å². The molecule has 2 N–H and O–H groups in total. The van der Waals surface area contributed by atoms with Gasteiger partial charge in [0.25, 0.3) is 0 Å². The van der Waals surface area contributed by atoms with Crippen LogP contribution in [0.4, 0.5) is 0 Å². The highest BCUT2D eigenvalue weighted by Crippen LogP contribution is 2.30. The van der Waals surface area contributed by atoms with Gasteiger partial charge in [-0.15, -0.1) is 24.8 Å². The third-order valence-electron chi connectivity index (χ3n) is 5.64. The molecule has 0 bridgehead atoms. The van der Waals surface area contributed by atoms with Crippen LogP contribution in [0.15, 0.2) is 0 Å². The second-order valence-corrected chi connectivity index (χ2v) is 7.11. The summed E-state index contributed by atoms with van der Waals surface area (Å²) >= 11 is 0. The minimum absolute atomic E-state index is 0. The van der Waals surface area contributed by atoms with Crippen molar-refractivity contribution in [3.8, 4) is 0 Å². The van der Waals surface area contributed by atoms with Gasteiger partial charge in [0.15, 0.2) is 0 Å². The van der Waals surface area contributed by atoms with Gasteiger partial charge < -0.3 is 20.1 Å². The molecule has 3 aliphatic rings. The predicted octanol–water partition coefficient (Wildman–Crippen LogP) is 1.36. The zero-order valence-corrected chi connectivity index (χ0v) is 16.8. The van der Waals surface area contributed by atoms with Crippen molar-refractivity contribution < 1.29 is 14.3 Å². The average Bonchev–Trinajstić information content (AvgIpc) is 2.62. The van der Waals surface area contributed by atoms with Gasteiger partial charge in [0.1, 0.15) is 6.04 Å². The molecule has 148 valence electrons. The zero-order valence-electron chi connectivity index (χ0n) is 15.1. The quantitative estimate of drug-likeness (QED) is 0.749. The van der Waals surface area contributed by atoms with Gasteiger partial charge in [-0.2, -0.15) is 0 Å². The average molecular weight is 398 g/mol. The van der Waals surface area contributed by atoms with Gasteiger partial charge in [-0.1, -0.05) is 6.42 Å². The van der Waals surface area contributed by atoms with Crippen LogP contribution in [0.3, 0.4) is 0 Å². The van der Waals surface area contributed by atoms with Crippen LogP contribution in [0, 0.1) is 0 Å². The number of ether oxygens (including phenoxy) is 2. The minimum atomic E-state index is -0.234. The predicted molar refractivity (Wildman–Crippen MR) is 103 cm³/mol. The number of hydrogen-bond acceptors (Lipinski definition) is 5. The number of likely N-dealkylation sites (tertiary alicyclic amines) is 1. The SMILES string of the molecule is C[C@H]1OCCN[C@@H]1C(=O)NCC1(N2CCCCC2)CCOCC1.Cl.Cl. The summed E-state index contributed by atoms with van der Waals surface area (Å²) in [6.07, 6.45) is 5.83.